The number of unbranched alkanes of at least 4 members (excludes halogenated alkanes) is 12. The first-order valence-electron chi connectivity index (χ1n) is 25.9. The summed E-state index contributed by atoms with van der Waals surface area (Å²) in [6.45, 7) is 5.53. The van der Waals surface area contributed by atoms with E-state index in [0.717, 1.165) is 90.4 Å². The van der Waals surface area contributed by atoms with Gasteiger partial charge in [-0.25, -0.2) is 4.79 Å². The van der Waals surface area contributed by atoms with E-state index in [1.165, 1.54) is 0 Å². The summed E-state index contributed by atoms with van der Waals surface area (Å²) in [7, 11) is 0. The van der Waals surface area contributed by atoms with Crippen LogP contribution in [0.25, 0.3) is 0 Å². The Morgan fingerprint density at radius 1 is 0.600 bits per heavy atom. The van der Waals surface area contributed by atoms with Crippen molar-refractivity contribution in [3.8, 4) is 0 Å². The molecule has 0 aliphatic carbocycles. The van der Waals surface area contributed by atoms with Crippen LogP contribution in [0, 0.1) is 5.92 Å². The first kappa shape index (κ1) is 62.1. The Bertz CT molecular complexity index is 1440. The van der Waals surface area contributed by atoms with Gasteiger partial charge in [0, 0.05) is 13.3 Å². The van der Waals surface area contributed by atoms with E-state index in [4.69, 9.17) is 43.0 Å². The number of aliphatic hydroxyl groups is 9. The Kier molecular flexibility index (Phi) is 29.8. The lowest BCUT2D eigenvalue weighted by molar-refractivity contribution is -0.380. The summed E-state index contributed by atoms with van der Waals surface area (Å²) in [5.41, 5.74) is 0. The van der Waals surface area contributed by atoms with Crippen molar-refractivity contribution in [2.75, 3.05) is 19.8 Å². The Morgan fingerprint density at radius 3 is 1.71 bits per heavy atom. The molecular weight excluding hydrogens is 925 g/mol. The normalized spacial score (nSPS) is 31.2. The Hall–Kier alpha value is -2.19. The van der Waals surface area contributed by atoms with Crippen LogP contribution in [0.5, 0.6) is 0 Å². The lowest BCUT2D eigenvalue weighted by Gasteiger charge is -2.46. The molecule has 3 aliphatic heterocycles. The third-order valence-corrected chi connectivity index (χ3v) is 13.1. The first-order valence-corrected chi connectivity index (χ1v) is 25.9. The number of carboxylic acid groups (broad SMARTS) is 1. The van der Waals surface area contributed by atoms with Crippen molar-refractivity contribution in [1.29, 1.82) is 0 Å². The molecule has 3 aliphatic rings. The van der Waals surface area contributed by atoms with Gasteiger partial charge in [0.1, 0.15) is 61.5 Å². The lowest BCUT2D eigenvalue weighted by atomic mass is 9.98. The summed E-state index contributed by atoms with van der Waals surface area (Å²) >= 11 is 0. The van der Waals surface area contributed by atoms with E-state index in [-0.39, 0.29) is 25.4 Å². The van der Waals surface area contributed by atoms with Crippen LogP contribution in [0.2, 0.25) is 0 Å². The number of hydrogen-bond acceptors (Lipinski definition) is 20. The van der Waals surface area contributed by atoms with Gasteiger partial charge in [-0.2, -0.15) is 0 Å². The molecular formula is C49H88O21. The molecule has 410 valence electrons. The third kappa shape index (κ3) is 22.1. The van der Waals surface area contributed by atoms with Crippen LogP contribution in [-0.4, -0.2) is 193 Å². The van der Waals surface area contributed by atoms with Gasteiger partial charge < -0.3 is 89.0 Å². The molecule has 10 N–H and O–H groups in total. The Morgan fingerprint density at radius 2 is 1.13 bits per heavy atom. The summed E-state index contributed by atoms with van der Waals surface area (Å²) in [5, 5.41) is 106. The summed E-state index contributed by atoms with van der Waals surface area (Å²) in [6, 6.07) is 0. The minimum absolute atomic E-state index is 0.0277. The van der Waals surface area contributed by atoms with Crippen LogP contribution < -0.4 is 0 Å². The maximum Gasteiger partial charge on any atom is 0.332 e. The predicted molar refractivity (Wildman–Crippen MR) is 248 cm³/mol. The van der Waals surface area contributed by atoms with E-state index < -0.39 is 135 Å². The second-order valence-corrected chi connectivity index (χ2v) is 19.7. The largest absolute Gasteiger partial charge is 0.479 e. The molecule has 0 radical (unpaired) electrons. The minimum Gasteiger partial charge on any atom is -0.479 e. The molecule has 0 saturated carbocycles. The van der Waals surface area contributed by atoms with Crippen LogP contribution >= 0.6 is 0 Å². The smallest absolute Gasteiger partial charge is 0.332 e. The van der Waals surface area contributed by atoms with Gasteiger partial charge in [0.2, 0.25) is 0 Å². The van der Waals surface area contributed by atoms with Crippen LogP contribution in [-0.2, 0) is 52.3 Å². The SMILES string of the molecule is CCCCCC(CCCC(O)C(O)CCCCCCCCCCCCCC(O)C(=O)O)OC1OCC(O)C(O)C1OC1OCC(OC(C)=O)C(O)C1OC1OC(COC(=O)CC(C)C)C(O)C(O)C1O. The minimum atomic E-state index is -1.91. The molecule has 3 saturated heterocycles. The topological polar surface area (TPSA) is 327 Å². The first-order chi connectivity index (χ1) is 33.3. The molecule has 0 spiro atoms. The fourth-order valence-corrected chi connectivity index (χ4v) is 8.84. The summed E-state index contributed by atoms with van der Waals surface area (Å²) in [5.74, 6) is -2.55. The second-order valence-electron chi connectivity index (χ2n) is 19.7. The maximum absolute atomic E-state index is 12.3. The number of ether oxygens (including phenoxy) is 8. The molecule has 70 heavy (non-hydrogen) atoms. The van der Waals surface area contributed by atoms with Gasteiger partial charge in [0.15, 0.2) is 31.1 Å². The molecule has 3 heterocycles. The van der Waals surface area contributed by atoms with Crippen LogP contribution in [0.15, 0.2) is 0 Å². The molecule has 0 amide bonds. The molecule has 21 heteroatoms. The van der Waals surface area contributed by atoms with Crippen molar-refractivity contribution in [2.24, 2.45) is 5.92 Å². The van der Waals surface area contributed by atoms with Gasteiger partial charge >= 0.3 is 17.9 Å². The van der Waals surface area contributed by atoms with Crippen molar-refractivity contribution in [1.82, 2.24) is 0 Å². The van der Waals surface area contributed by atoms with Gasteiger partial charge in [0.05, 0.1) is 31.5 Å². The molecule has 21 nitrogen and oxygen atoms in total. The second kappa shape index (κ2) is 33.6. The zero-order valence-electron chi connectivity index (χ0n) is 41.8. The molecule has 0 aromatic carbocycles. The predicted octanol–water partition coefficient (Wildman–Crippen LogP) is 2.26. The fourth-order valence-electron chi connectivity index (χ4n) is 8.84. The van der Waals surface area contributed by atoms with Crippen molar-refractivity contribution in [3.63, 3.8) is 0 Å². The average Bonchev–Trinajstić information content (AvgIpc) is 3.30. The molecule has 3 rings (SSSR count). The number of aliphatic hydroxyl groups excluding tert-OH is 9. The monoisotopic (exact) mass is 1010 g/mol. The lowest BCUT2D eigenvalue weighted by Crippen LogP contribution is -2.65. The molecule has 3 fully saturated rings. The van der Waals surface area contributed by atoms with Gasteiger partial charge in [-0.15, -0.1) is 0 Å². The van der Waals surface area contributed by atoms with E-state index in [2.05, 4.69) is 6.92 Å². The quantitative estimate of drug-likeness (QED) is 0.0321. The molecule has 17 unspecified atom stereocenters. The number of esters is 2. The fraction of sp³-hybridized carbons (Fsp3) is 0.939. The zero-order chi connectivity index (χ0) is 51.8. The standard InChI is InChI=1S/C49H88O21/c1-5-6-16-20-31(21-19-24-33(52)32(51)22-17-14-12-10-8-7-9-11-13-15-18-23-34(53)46(61)62)67-48-44(39(56)35(54)26-64-48)70-49-45(41(58)37(28-65-49)66-30(4)50)69-47-43(60)42(59)40(57)36(68-47)27-63-38(55)25-29(2)3/h29,31-37,39-45,47-49,51-54,56-60H,5-28H2,1-4H3,(H,61,62). The van der Waals surface area contributed by atoms with Crippen LogP contribution in [0.3, 0.4) is 0 Å². The Balaban J connectivity index is 1.57. The number of hydrogen-bond donors (Lipinski definition) is 10. The maximum atomic E-state index is 12.3. The number of aliphatic carboxylic acids is 1. The number of carbonyl (C=O) groups excluding carboxylic acids is 2. The average molecular weight is 1010 g/mol. The van der Waals surface area contributed by atoms with Crippen LogP contribution in [0.4, 0.5) is 0 Å². The van der Waals surface area contributed by atoms with E-state index in [9.17, 15) is 60.3 Å². The van der Waals surface area contributed by atoms with Crippen molar-refractivity contribution < 1.29 is 103 Å². The highest BCUT2D eigenvalue weighted by Gasteiger charge is 2.52. The third-order valence-electron chi connectivity index (χ3n) is 13.1. The highest BCUT2D eigenvalue weighted by atomic mass is 16.8. The highest BCUT2D eigenvalue weighted by molar-refractivity contribution is 5.71. The molecule has 0 aromatic heterocycles. The number of carboxylic acids is 1. The van der Waals surface area contributed by atoms with Crippen LogP contribution in [0.1, 0.15) is 163 Å². The van der Waals surface area contributed by atoms with Gasteiger partial charge in [-0.3, -0.25) is 9.59 Å². The van der Waals surface area contributed by atoms with Gasteiger partial charge in [-0.1, -0.05) is 111 Å². The molecule has 0 aromatic rings. The van der Waals surface area contributed by atoms with E-state index in [0.29, 0.717) is 38.5 Å². The van der Waals surface area contributed by atoms with Gasteiger partial charge in [0.25, 0.3) is 0 Å². The van der Waals surface area contributed by atoms with E-state index in [1.807, 2.05) is 13.8 Å². The van der Waals surface area contributed by atoms with Crippen molar-refractivity contribution >= 4 is 17.9 Å². The zero-order valence-corrected chi connectivity index (χ0v) is 41.8. The summed E-state index contributed by atoms with van der Waals surface area (Å²) in [4.78, 5) is 34.9. The molecule has 0 bridgehead atoms. The van der Waals surface area contributed by atoms with Crippen molar-refractivity contribution in [2.45, 2.75) is 267 Å². The molecule has 17 atom stereocenters. The Labute approximate surface area is 413 Å². The van der Waals surface area contributed by atoms with E-state index in [1.54, 1.807) is 0 Å². The van der Waals surface area contributed by atoms with Gasteiger partial charge in [-0.05, 0) is 44.4 Å². The van der Waals surface area contributed by atoms with Crippen molar-refractivity contribution in [3.05, 3.63) is 0 Å². The summed E-state index contributed by atoms with van der Waals surface area (Å²) < 4.78 is 46.7. The summed E-state index contributed by atoms with van der Waals surface area (Å²) in [6.07, 6.45) is -8.25. The number of rotatable bonds is 35. The highest BCUT2D eigenvalue weighted by Crippen LogP contribution is 2.33. The van der Waals surface area contributed by atoms with E-state index >= 15 is 0 Å². The number of carbonyl (C=O) groups is 3.